The Bertz CT molecular complexity index is 835. The van der Waals surface area contributed by atoms with Crippen molar-refractivity contribution in [3.63, 3.8) is 0 Å². The number of aromatic nitrogens is 2. The second-order valence-electron chi connectivity index (χ2n) is 7.94. The van der Waals surface area contributed by atoms with Crippen molar-refractivity contribution in [3.8, 4) is 11.6 Å². The van der Waals surface area contributed by atoms with Crippen molar-refractivity contribution in [2.24, 2.45) is 5.92 Å². The maximum atomic E-state index is 12.8. The van der Waals surface area contributed by atoms with E-state index in [1.54, 1.807) is 6.33 Å². The van der Waals surface area contributed by atoms with Crippen LogP contribution in [-0.2, 0) is 4.79 Å². The van der Waals surface area contributed by atoms with E-state index in [1.165, 1.54) is 12.8 Å². The SMILES string of the molecule is Cc1cccc(Oc2cc(N3CCN(C(=O)C4CCCC4)C(C)C3)ncn2)c1. The molecule has 0 N–H and O–H groups in total. The van der Waals surface area contributed by atoms with Crippen molar-refractivity contribution in [2.75, 3.05) is 24.5 Å². The predicted molar refractivity (Wildman–Crippen MR) is 109 cm³/mol. The van der Waals surface area contributed by atoms with E-state index in [4.69, 9.17) is 4.74 Å². The van der Waals surface area contributed by atoms with E-state index in [0.717, 1.165) is 49.6 Å². The van der Waals surface area contributed by atoms with Gasteiger partial charge < -0.3 is 14.5 Å². The lowest BCUT2D eigenvalue weighted by atomic mass is 10.0. The highest BCUT2D eigenvalue weighted by Crippen LogP contribution is 2.29. The number of amides is 1. The Kier molecular flexibility index (Phi) is 5.46. The minimum atomic E-state index is 0.179. The van der Waals surface area contributed by atoms with Gasteiger partial charge in [-0.05, 0) is 44.4 Å². The molecule has 2 heterocycles. The number of ether oxygens (including phenoxy) is 1. The topological polar surface area (TPSA) is 58.6 Å². The summed E-state index contributed by atoms with van der Waals surface area (Å²) in [6.07, 6.45) is 6.03. The van der Waals surface area contributed by atoms with Gasteiger partial charge >= 0.3 is 0 Å². The molecule has 0 bridgehead atoms. The van der Waals surface area contributed by atoms with Gasteiger partial charge in [-0.3, -0.25) is 4.79 Å². The fourth-order valence-corrected chi connectivity index (χ4v) is 4.26. The third-order valence-electron chi connectivity index (χ3n) is 5.78. The molecule has 1 amide bonds. The summed E-state index contributed by atoms with van der Waals surface area (Å²) in [6.45, 7) is 6.47. The molecule has 1 saturated carbocycles. The fourth-order valence-electron chi connectivity index (χ4n) is 4.26. The molecule has 0 radical (unpaired) electrons. The summed E-state index contributed by atoms with van der Waals surface area (Å²) in [6, 6.07) is 9.96. The lowest BCUT2D eigenvalue weighted by Crippen LogP contribution is -2.55. The van der Waals surface area contributed by atoms with Crippen LogP contribution in [0.3, 0.4) is 0 Å². The first-order valence-electron chi connectivity index (χ1n) is 10.2. The van der Waals surface area contributed by atoms with Crippen LogP contribution >= 0.6 is 0 Å². The van der Waals surface area contributed by atoms with Crippen molar-refractivity contribution < 1.29 is 9.53 Å². The minimum Gasteiger partial charge on any atom is -0.439 e. The molecule has 6 nitrogen and oxygen atoms in total. The van der Waals surface area contributed by atoms with Crippen molar-refractivity contribution in [1.29, 1.82) is 0 Å². The van der Waals surface area contributed by atoms with Crippen LogP contribution in [0, 0.1) is 12.8 Å². The van der Waals surface area contributed by atoms with Gasteiger partial charge in [0.25, 0.3) is 0 Å². The van der Waals surface area contributed by atoms with Gasteiger partial charge in [-0.1, -0.05) is 25.0 Å². The standard InChI is InChI=1S/C22H28N4O2/c1-16-6-5-9-19(12-16)28-21-13-20(23-15-24-21)25-10-11-26(17(2)14-25)22(27)18-7-3-4-8-18/h5-6,9,12-13,15,17-18H,3-4,7-8,10-11,14H2,1-2H3. The maximum Gasteiger partial charge on any atom is 0.226 e. The lowest BCUT2D eigenvalue weighted by Gasteiger charge is -2.41. The number of carbonyl (C=O) groups is 1. The molecular weight excluding hydrogens is 352 g/mol. The third kappa shape index (κ3) is 4.11. The first-order chi connectivity index (χ1) is 13.6. The summed E-state index contributed by atoms with van der Waals surface area (Å²) < 4.78 is 5.90. The van der Waals surface area contributed by atoms with Gasteiger partial charge in [-0.25, -0.2) is 9.97 Å². The van der Waals surface area contributed by atoms with E-state index in [1.807, 2.05) is 37.3 Å². The number of benzene rings is 1. The molecule has 1 aromatic heterocycles. The monoisotopic (exact) mass is 380 g/mol. The summed E-state index contributed by atoms with van der Waals surface area (Å²) in [5, 5.41) is 0. The van der Waals surface area contributed by atoms with E-state index in [2.05, 4.69) is 26.7 Å². The zero-order valence-electron chi connectivity index (χ0n) is 16.7. The summed E-state index contributed by atoms with van der Waals surface area (Å²) >= 11 is 0. The summed E-state index contributed by atoms with van der Waals surface area (Å²) in [7, 11) is 0. The van der Waals surface area contributed by atoms with E-state index in [0.29, 0.717) is 11.8 Å². The Labute approximate surface area is 166 Å². The van der Waals surface area contributed by atoms with Crippen LogP contribution in [0.25, 0.3) is 0 Å². The quantitative estimate of drug-likeness (QED) is 0.807. The predicted octanol–water partition coefficient (Wildman–Crippen LogP) is 3.80. The van der Waals surface area contributed by atoms with Crippen molar-refractivity contribution >= 4 is 11.7 Å². The molecule has 28 heavy (non-hydrogen) atoms. The molecule has 1 aliphatic heterocycles. The Hall–Kier alpha value is -2.63. The smallest absolute Gasteiger partial charge is 0.226 e. The van der Waals surface area contributed by atoms with Gasteiger partial charge in [0, 0.05) is 37.7 Å². The van der Waals surface area contributed by atoms with Crippen molar-refractivity contribution in [1.82, 2.24) is 14.9 Å². The Morgan fingerprint density at radius 1 is 1.14 bits per heavy atom. The number of hydrogen-bond donors (Lipinski definition) is 0. The van der Waals surface area contributed by atoms with Crippen molar-refractivity contribution in [2.45, 2.75) is 45.6 Å². The molecule has 1 unspecified atom stereocenters. The number of piperazine rings is 1. The molecular formula is C22H28N4O2. The summed E-state index contributed by atoms with van der Waals surface area (Å²) in [5.74, 6) is 2.73. The Morgan fingerprint density at radius 2 is 1.96 bits per heavy atom. The molecule has 2 aliphatic rings. The summed E-state index contributed by atoms with van der Waals surface area (Å²) in [4.78, 5) is 25.8. The molecule has 4 rings (SSSR count). The van der Waals surface area contributed by atoms with E-state index in [9.17, 15) is 4.79 Å². The van der Waals surface area contributed by atoms with E-state index >= 15 is 0 Å². The van der Waals surface area contributed by atoms with Crippen LogP contribution in [0.15, 0.2) is 36.7 Å². The lowest BCUT2D eigenvalue weighted by molar-refractivity contribution is -0.137. The van der Waals surface area contributed by atoms with Gasteiger partial charge in [-0.15, -0.1) is 0 Å². The Morgan fingerprint density at radius 3 is 2.71 bits per heavy atom. The van der Waals surface area contributed by atoms with Crippen LogP contribution in [0.1, 0.15) is 38.2 Å². The number of anilines is 1. The average molecular weight is 380 g/mol. The highest BCUT2D eigenvalue weighted by Gasteiger charge is 2.33. The number of rotatable bonds is 4. The van der Waals surface area contributed by atoms with Crippen molar-refractivity contribution in [3.05, 3.63) is 42.2 Å². The molecule has 1 aromatic carbocycles. The van der Waals surface area contributed by atoms with E-state index < -0.39 is 0 Å². The number of nitrogens with zero attached hydrogens (tertiary/aromatic N) is 4. The zero-order chi connectivity index (χ0) is 19.5. The van der Waals surface area contributed by atoms with Gasteiger partial charge in [0.05, 0.1) is 0 Å². The van der Waals surface area contributed by atoms with Crippen LogP contribution in [0.2, 0.25) is 0 Å². The average Bonchev–Trinajstić information content (AvgIpc) is 3.22. The number of hydrogen-bond acceptors (Lipinski definition) is 5. The molecule has 1 atom stereocenters. The molecule has 1 aliphatic carbocycles. The number of carbonyl (C=O) groups excluding carboxylic acids is 1. The maximum absolute atomic E-state index is 12.8. The normalized spacial score (nSPS) is 20.4. The van der Waals surface area contributed by atoms with Gasteiger partial charge in [0.1, 0.15) is 17.9 Å². The highest BCUT2D eigenvalue weighted by atomic mass is 16.5. The molecule has 2 aromatic rings. The molecule has 6 heteroatoms. The van der Waals surface area contributed by atoms with Gasteiger partial charge in [0.15, 0.2) is 0 Å². The van der Waals surface area contributed by atoms with Gasteiger partial charge in [0.2, 0.25) is 11.8 Å². The molecule has 2 fully saturated rings. The summed E-state index contributed by atoms with van der Waals surface area (Å²) in [5.41, 5.74) is 1.14. The van der Waals surface area contributed by atoms with Crippen LogP contribution in [-0.4, -0.2) is 46.5 Å². The largest absolute Gasteiger partial charge is 0.439 e. The highest BCUT2D eigenvalue weighted by molar-refractivity contribution is 5.79. The minimum absolute atomic E-state index is 0.179. The first-order valence-corrected chi connectivity index (χ1v) is 10.2. The molecule has 148 valence electrons. The Balaban J connectivity index is 1.42. The fraction of sp³-hybridized carbons (Fsp3) is 0.500. The number of aryl methyl sites for hydroxylation is 1. The van der Waals surface area contributed by atoms with Crippen LogP contribution in [0.5, 0.6) is 11.6 Å². The zero-order valence-corrected chi connectivity index (χ0v) is 16.7. The van der Waals surface area contributed by atoms with E-state index in [-0.39, 0.29) is 12.0 Å². The first kappa shape index (κ1) is 18.7. The molecule has 0 spiro atoms. The third-order valence-corrected chi connectivity index (χ3v) is 5.78. The second-order valence-corrected chi connectivity index (χ2v) is 7.94. The second kappa shape index (κ2) is 8.17. The van der Waals surface area contributed by atoms with Gasteiger partial charge in [-0.2, -0.15) is 0 Å². The van der Waals surface area contributed by atoms with Crippen LogP contribution in [0.4, 0.5) is 5.82 Å². The van der Waals surface area contributed by atoms with Crippen LogP contribution < -0.4 is 9.64 Å². The molecule has 1 saturated heterocycles.